The number of carbonyl (C=O) groups excluding carboxylic acids is 1. The van der Waals surface area contributed by atoms with Gasteiger partial charge in [0.1, 0.15) is 17.9 Å². The third kappa shape index (κ3) is 2.62. The fourth-order valence-corrected chi connectivity index (χ4v) is 2.06. The molecule has 2 N–H and O–H groups in total. The van der Waals surface area contributed by atoms with Crippen molar-refractivity contribution in [3.63, 3.8) is 0 Å². The highest BCUT2D eigenvalue weighted by molar-refractivity contribution is 7.12. The molecule has 0 radical (unpaired) electrons. The number of hydrogen-bond acceptors (Lipinski definition) is 5. The first kappa shape index (κ1) is 11.6. The average molecular weight is 252 g/mol. The summed E-state index contributed by atoms with van der Waals surface area (Å²) in [6.45, 7) is 1.84. The predicted octanol–water partition coefficient (Wildman–Crippen LogP) is 1.37. The van der Waals surface area contributed by atoms with E-state index in [0.717, 1.165) is 0 Å². The molecule has 1 unspecified atom stereocenters. The van der Waals surface area contributed by atoms with Gasteiger partial charge >= 0.3 is 0 Å². The highest BCUT2D eigenvalue weighted by atomic mass is 32.1. The Hall–Kier alpha value is -1.89. The van der Waals surface area contributed by atoms with Gasteiger partial charge in [-0.1, -0.05) is 0 Å². The van der Waals surface area contributed by atoms with Crippen molar-refractivity contribution in [2.45, 2.75) is 13.0 Å². The smallest absolute Gasteiger partial charge is 0.262 e. The molecule has 0 aliphatic heterocycles. The summed E-state index contributed by atoms with van der Waals surface area (Å²) in [5.41, 5.74) is 0. The van der Waals surface area contributed by atoms with Crippen LogP contribution in [0.5, 0.6) is 5.75 Å². The van der Waals surface area contributed by atoms with Crippen molar-refractivity contribution in [2.24, 2.45) is 0 Å². The van der Waals surface area contributed by atoms with Crippen LogP contribution in [0.25, 0.3) is 0 Å². The molecule has 0 fully saturated rings. The zero-order valence-electron chi connectivity index (χ0n) is 9.43. The van der Waals surface area contributed by atoms with E-state index < -0.39 is 0 Å². The quantitative estimate of drug-likeness (QED) is 0.861. The molecule has 0 aromatic carbocycles. The molecule has 2 aromatic heterocycles. The molecule has 0 aliphatic carbocycles. The highest BCUT2D eigenvalue weighted by Gasteiger charge is 2.15. The molecule has 1 amide bonds. The Morgan fingerprint density at radius 2 is 2.47 bits per heavy atom. The van der Waals surface area contributed by atoms with Gasteiger partial charge in [-0.15, -0.1) is 11.3 Å². The summed E-state index contributed by atoms with van der Waals surface area (Å²) in [6.07, 6.45) is 1.41. The normalized spacial score (nSPS) is 12.1. The summed E-state index contributed by atoms with van der Waals surface area (Å²) in [4.78, 5) is 16.4. The zero-order chi connectivity index (χ0) is 12.3. The summed E-state index contributed by atoms with van der Waals surface area (Å²) >= 11 is 1.34. The monoisotopic (exact) mass is 252 g/mol. The maximum atomic E-state index is 11.9. The molecular weight excluding hydrogens is 240 g/mol. The molecule has 17 heavy (non-hydrogen) atoms. The van der Waals surface area contributed by atoms with Crippen molar-refractivity contribution in [3.05, 3.63) is 28.5 Å². The third-order valence-corrected chi connectivity index (χ3v) is 3.13. The number of carbonyl (C=O) groups is 1. The number of hydrogen-bond donors (Lipinski definition) is 2. The number of nitrogens with one attached hydrogen (secondary N) is 2. The first-order chi connectivity index (χ1) is 8.20. The van der Waals surface area contributed by atoms with Crippen LogP contribution < -0.4 is 10.1 Å². The lowest BCUT2D eigenvalue weighted by molar-refractivity contribution is 0.0942. The molecule has 0 saturated heterocycles. The Bertz CT molecular complexity index is 494. The van der Waals surface area contributed by atoms with E-state index in [2.05, 4.69) is 20.5 Å². The number of nitrogens with zero attached hydrogens (tertiary/aromatic N) is 2. The summed E-state index contributed by atoms with van der Waals surface area (Å²) in [5.74, 6) is 1.16. The number of thiophene rings is 1. The Morgan fingerprint density at radius 3 is 3.06 bits per heavy atom. The van der Waals surface area contributed by atoms with Gasteiger partial charge in [0.2, 0.25) is 0 Å². The summed E-state index contributed by atoms with van der Waals surface area (Å²) in [7, 11) is 1.57. The van der Waals surface area contributed by atoms with E-state index >= 15 is 0 Å². The Labute approximate surface area is 102 Å². The number of H-pyrrole nitrogens is 1. The Balaban J connectivity index is 2.01. The summed E-state index contributed by atoms with van der Waals surface area (Å²) in [6, 6.07) is 1.49. The molecule has 7 heteroatoms. The molecule has 0 bridgehead atoms. The molecule has 1 atom stereocenters. The molecule has 0 saturated carbocycles. The van der Waals surface area contributed by atoms with Crippen LogP contribution in [0.3, 0.4) is 0 Å². The van der Waals surface area contributed by atoms with Crippen LogP contribution in [-0.2, 0) is 0 Å². The Morgan fingerprint density at radius 1 is 1.65 bits per heavy atom. The van der Waals surface area contributed by atoms with E-state index in [4.69, 9.17) is 4.74 Å². The fourth-order valence-electron chi connectivity index (χ4n) is 1.30. The third-order valence-electron chi connectivity index (χ3n) is 2.23. The molecule has 2 heterocycles. The van der Waals surface area contributed by atoms with Crippen LogP contribution in [0.4, 0.5) is 0 Å². The van der Waals surface area contributed by atoms with E-state index in [-0.39, 0.29) is 11.9 Å². The van der Waals surface area contributed by atoms with Gasteiger partial charge in [0.25, 0.3) is 5.91 Å². The van der Waals surface area contributed by atoms with Gasteiger partial charge in [-0.2, -0.15) is 5.10 Å². The van der Waals surface area contributed by atoms with Gasteiger partial charge in [0.15, 0.2) is 0 Å². The number of ether oxygens (including phenoxy) is 1. The van der Waals surface area contributed by atoms with Crippen molar-refractivity contribution in [1.29, 1.82) is 0 Å². The van der Waals surface area contributed by atoms with Gasteiger partial charge in [-0.05, 0) is 6.92 Å². The van der Waals surface area contributed by atoms with Crippen LogP contribution >= 0.6 is 11.3 Å². The van der Waals surface area contributed by atoms with Crippen molar-refractivity contribution in [1.82, 2.24) is 20.5 Å². The topological polar surface area (TPSA) is 79.9 Å². The predicted molar refractivity (Wildman–Crippen MR) is 63.1 cm³/mol. The summed E-state index contributed by atoms with van der Waals surface area (Å²) < 4.78 is 5.02. The van der Waals surface area contributed by atoms with Crippen molar-refractivity contribution >= 4 is 17.2 Å². The largest absolute Gasteiger partial charge is 0.496 e. The van der Waals surface area contributed by atoms with Gasteiger partial charge < -0.3 is 10.1 Å². The number of rotatable bonds is 4. The van der Waals surface area contributed by atoms with E-state index in [1.807, 2.05) is 6.92 Å². The maximum absolute atomic E-state index is 11.9. The molecule has 0 spiro atoms. The molecule has 90 valence electrons. The van der Waals surface area contributed by atoms with Crippen molar-refractivity contribution < 1.29 is 9.53 Å². The molecule has 0 aliphatic rings. The summed E-state index contributed by atoms with van der Waals surface area (Å²) in [5, 5.41) is 11.1. The van der Waals surface area contributed by atoms with Gasteiger partial charge in [0, 0.05) is 11.4 Å². The van der Waals surface area contributed by atoms with E-state index in [0.29, 0.717) is 16.5 Å². The minimum Gasteiger partial charge on any atom is -0.496 e. The number of aromatic amines is 1. The van der Waals surface area contributed by atoms with Gasteiger partial charge in [0.05, 0.1) is 18.0 Å². The van der Waals surface area contributed by atoms with Crippen LogP contribution in [0.2, 0.25) is 0 Å². The number of methoxy groups -OCH3 is 1. The SMILES string of the molecule is COc1csc(C(=O)NC(C)c2ncn[nH]2)c1. The zero-order valence-corrected chi connectivity index (χ0v) is 10.2. The second-order valence-corrected chi connectivity index (χ2v) is 4.33. The first-order valence-corrected chi connectivity index (χ1v) is 5.87. The average Bonchev–Trinajstić information content (AvgIpc) is 3.00. The fraction of sp³-hybridized carbons (Fsp3) is 0.300. The first-order valence-electron chi connectivity index (χ1n) is 4.99. The van der Waals surface area contributed by atoms with Crippen LogP contribution in [0.15, 0.2) is 17.8 Å². The minimum absolute atomic E-state index is 0.151. The molecular formula is C10H12N4O2S. The number of amides is 1. The maximum Gasteiger partial charge on any atom is 0.262 e. The van der Waals surface area contributed by atoms with Crippen LogP contribution in [0, 0.1) is 0 Å². The van der Waals surface area contributed by atoms with Crippen molar-refractivity contribution in [2.75, 3.05) is 7.11 Å². The molecule has 2 rings (SSSR count). The lowest BCUT2D eigenvalue weighted by atomic mass is 10.3. The van der Waals surface area contributed by atoms with E-state index in [9.17, 15) is 4.79 Å². The van der Waals surface area contributed by atoms with Crippen molar-refractivity contribution in [3.8, 4) is 5.75 Å². The van der Waals surface area contributed by atoms with Gasteiger partial charge in [-0.3, -0.25) is 9.89 Å². The number of aromatic nitrogens is 3. The molecule has 2 aromatic rings. The van der Waals surface area contributed by atoms with Crippen LogP contribution in [0.1, 0.15) is 28.5 Å². The Kier molecular flexibility index (Phi) is 3.38. The van der Waals surface area contributed by atoms with E-state index in [1.165, 1.54) is 17.7 Å². The van der Waals surface area contributed by atoms with Crippen LogP contribution in [-0.4, -0.2) is 28.2 Å². The lowest BCUT2D eigenvalue weighted by Gasteiger charge is -2.09. The van der Waals surface area contributed by atoms with E-state index in [1.54, 1.807) is 18.6 Å². The second kappa shape index (κ2) is 4.96. The molecule has 6 nitrogen and oxygen atoms in total. The van der Waals surface area contributed by atoms with Gasteiger partial charge in [-0.25, -0.2) is 4.98 Å². The minimum atomic E-state index is -0.210. The highest BCUT2D eigenvalue weighted by Crippen LogP contribution is 2.21. The second-order valence-electron chi connectivity index (χ2n) is 3.42. The lowest BCUT2D eigenvalue weighted by Crippen LogP contribution is -2.26. The standard InChI is InChI=1S/C10H12N4O2S/c1-6(9-11-5-12-14-9)13-10(15)8-3-7(16-2)4-17-8/h3-6H,1-2H3,(H,13,15)(H,11,12,14).